The summed E-state index contributed by atoms with van der Waals surface area (Å²) in [6, 6.07) is -0.115. The maximum atomic E-state index is 12.4. The Morgan fingerprint density at radius 2 is 2.00 bits per heavy atom. The molecule has 2 aliphatic carbocycles. The van der Waals surface area contributed by atoms with Crippen molar-refractivity contribution in [3.05, 3.63) is 0 Å². The fraction of sp³-hybridized carbons (Fsp3) is 0.923. The molecule has 4 atom stereocenters. The first-order chi connectivity index (χ1) is 8.53. The van der Waals surface area contributed by atoms with E-state index >= 15 is 0 Å². The Hall–Kier alpha value is 0.0600. The number of ketones is 1. The predicted octanol–water partition coefficient (Wildman–Crippen LogP) is 2.08. The van der Waals surface area contributed by atoms with Crippen LogP contribution < -0.4 is 4.72 Å². The molecule has 0 amide bonds. The van der Waals surface area contributed by atoms with Crippen molar-refractivity contribution in [1.82, 2.24) is 4.72 Å². The molecule has 0 spiro atoms. The highest BCUT2D eigenvalue weighted by Crippen LogP contribution is 2.65. The first-order valence-electron chi connectivity index (χ1n) is 6.72. The van der Waals surface area contributed by atoms with E-state index in [9.17, 15) is 13.2 Å². The van der Waals surface area contributed by atoms with E-state index in [2.05, 4.69) is 20.7 Å². The molecule has 1 N–H and O–H groups in total. The number of halogens is 1. The summed E-state index contributed by atoms with van der Waals surface area (Å²) >= 11 is 3.47. The van der Waals surface area contributed by atoms with Gasteiger partial charge < -0.3 is 0 Å². The van der Waals surface area contributed by atoms with Crippen molar-refractivity contribution in [3.63, 3.8) is 0 Å². The van der Waals surface area contributed by atoms with Gasteiger partial charge in [-0.1, -0.05) is 29.8 Å². The molecule has 0 aromatic rings. The van der Waals surface area contributed by atoms with E-state index in [-0.39, 0.29) is 28.3 Å². The Kier molecular flexibility index (Phi) is 3.68. The van der Waals surface area contributed by atoms with Crippen molar-refractivity contribution < 1.29 is 13.2 Å². The van der Waals surface area contributed by atoms with Crippen LogP contribution in [0.2, 0.25) is 0 Å². The Morgan fingerprint density at radius 1 is 1.42 bits per heavy atom. The van der Waals surface area contributed by atoms with Crippen LogP contribution in [0.15, 0.2) is 0 Å². The molecule has 2 fully saturated rings. The van der Waals surface area contributed by atoms with Gasteiger partial charge in [0.25, 0.3) is 0 Å². The lowest BCUT2D eigenvalue weighted by Gasteiger charge is -2.36. The van der Waals surface area contributed by atoms with Crippen LogP contribution in [0, 0.1) is 16.7 Å². The number of carbonyl (C=O) groups excluding carboxylic acids is 1. The number of hydrogen-bond acceptors (Lipinski definition) is 3. The molecule has 0 saturated heterocycles. The van der Waals surface area contributed by atoms with Gasteiger partial charge in [0.1, 0.15) is 0 Å². The number of rotatable bonds is 4. The van der Waals surface area contributed by atoms with Gasteiger partial charge in [0.15, 0.2) is 5.78 Å². The number of carbonyl (C=O) groups is 1. The largest absolute Gasteiger partial charge is 0.298 e. The molecule has 0 heterocycles. The summed E-state index contributed by atoms with van der Waals surface area (Å²) in [5.41, 5.74) is -0.990. The molecule has 6 heteroatoms. The molecule has 2 rings (SSSR count). The highest BCUT2D eigenvalue weighted by atomic mass is 79.9. The lowest BCUT2D eigenvalue weighted by molar-refractivity contribution is -0.127. The zero-order valence-corrected chi connectivity index (χ0v) is 14.3. The van der Waals surface area contributed by atoms with Gasteiger partial charge in [0.05, 0.1) is 10.6 Å². The van der Waals surface area contributed by atoms with Gasteiger partial charge in [0, 0.05) is 11.5 Å². The monoisotopic (exact) mass is 351 g/mol. The number of sulfonamides is 1. The molecule has 110 valence electrons. The smallest absolute Gasteiger partial charge is 0.212 e. The molecule has 0 radical (unpaired) electrons. The van der Waals surface area contributed by atoms with Gasteiger partial charge in [-0.15, -0.1) is 0 Å². The van der Waals surface area contributed by atoms with Crippen LogP contribution in [-0.2, 0) is 14.8 Å². The maximum Gasteiger partial charge on any atom is 0.212 e. The molecular formula is C13H22BrNO3S. The Bertz CT molecular complexity index is 504. The molecular weight excluding hydrogens is 330 g/mol. The fourth-order valence-corrected chi connectivity index (χ4v) is 7.36. The van der Waals surface area contributed by atoms with Crippen molar-refractivity contribution >= 4 is 31.7 Å². The van der Waals surface area contributed by atoms with Crippen molar-refractivity contribution in [2.75, 3.05) is 5.75 Å². The quantitative estimate of drug-likeness (QED) is 0.788. The van der Waals surface area contributed by atoms with E-state index in [1.54, 1.807) is 0 Å². The van der Waals surface area contributed by atoms with Crippen LogP contribution in [0.1, 0.15) is 40.5 Å². The summed E-state index contributed by atoms with van der Waals surface area (Å²) in [6.07, 6.45) is 1.72. The third-order valence-electron chi connectivity index (χ3n) is 5.09. The third-order valence-corrected chi connectivity index (χ3v) is 7.95. The highest BCUT2D eigenvalue weighted by Gasteiger charge is 2.68. The highest BCUT2D eigenvalue weighted by molar-refractivity contribution is 9.10. The number of Topliss-reactive ketones (excluding diaryl/α,β-unsaturated/α-hetero) is 1. The molecule has 4 nitrogen and oxygen atoms in total. The molecule has 19 heavy (non-hydrogen) atoms. The normalized spacial score (nSPS) is 42.3. The van der Waals surface area contributed by atoms with E-state index in [0.717, 1.165) is 12.8 Å². The maximum absolute atomic E-state index is 12.4. The Morgan fingerprint density at radius 3 is 2.42 bits per heavy atom. The van der Waals surface area contributed by atoms with Gasteiger partial charge in [-0.2, -0.15) is 0 Å². The molecule has 0 aliphatic heterocycles. The number of fused-ring (bicyclic) bond motifs is 2. The van der Waals surface area contributed by atoms with Gasteiger partial charge in [-0.05, 0) is 38.0 Å². The Balaban J connectivity index is 2.32. The minimum Gasteiger partial charge on any atom is -0.298 e. The summed E-state index contributed by atoms with van der Waals surface area (Å²) in [6.45, 7) is 7.51. The van der Waals surface area contributed by atoms with E-state index in [0.29, 0.717) is 0 Å². The van der Waals surface area contributed by atoms with Gasteiger partial charge in [0.2, 0.25) is 10.0 Å². The van der Waals surface area contributed by atoms with E-state index in [1.807, 2.05) is 27.7 Å². The van der Waals surface area contributed by atoms with Crippen LogP contribution in [0.25, 0.3) is 0 Å². The predicted molar refractivity (Wildman–Crippen MR) is 78.7 cm³/mol. The van der Waals surface area contributed by atoms with Crippen molar-refractivity contribution in [2.45, 2.75) is 51.4 Å². The molecule has 2 saturated carbocycles. The average molecular weight is 352 g/mol. The summed E-state index contributed by atoms with van der Waals surface area (Å²) < 4.78 is 27.1. The minimum absolute atomic E-state index is 0.0349. The van der Waals surface area contributed by atoms with Crippen LogP contribution in [0.5, 0.6) is 0 Å². The summed E-state index contributed by atoms with van der Waals surface area (Å²) in [7, 11) is -3.36. The Labute approximate surface area is 123 Å². The van der Waals surface area contributed by atoms with Crippen molar-refractivity contribution in [3.8, 4) is 0 Å². The second-order valence-electron chi connectivity index (χ2n) is 6.69. The number of alkyl halides is 1. The van der Waals surface area contributed by atoms with Gasteiger partial charge in [-0.3, -0.25) is 4.79 Å². The SMILES string of the molecule is CC(C)NS(=O)(=O)C[C@]1(C)[C@@H]2CC[C@@]1(C)C(=O)[C@@H]2Br. The zero-order chi connectivity index (χ0) is 14.6. The first-order valence-corrected chi connectivity index (χ1v) is 9.29. The minimum atomic E-state index is -3.36. The number of hydrogen-bond donors (Lipinski definition) is 1. The summed E-state index contributed by atoms with van der Waals surface area (Å²) in [5, 5.41) is 0. The average Bonchev–Trinajstić information content (AvgIpc) is 2.52. The van der Waals surface area contributed by atoms with E-state index in [1.165, 1.54) is 0 Å². The third kappa shape index (κ3) is 2.20. The zero-order valence-electron chi connectivity index (χ0n) is 11.9. The van der Waals surface area contributed by atoms with Gasteiger partial charge in [-0.25, -0.2) is 13.1 Å². The molecule has 0 aromatic carbocycles. The summed E-state index contributed by atoms with van der Waals surface area (Å²) in [4.78, 5) is 12.2. The molecule has 0 aromatic heterocycles. The van der Waals surface area contributed by atoms with Crippen LogP contribution in [0.4, 0.5) is 0 Å². The van der Waals surface area contributed by atoms with Gasteiger partial charge >= 0.3 is 0 Å². The first kappa shape index (κ1) is 15.4. The second kappa shape index (κ2) is 4.53. The van der Waals surface area contributed by atoms with Crippen LogP contribution in [0.3, 0.4) is 0 Å². The number of nitrogens with one attached hydrogen (secondary N) is 1. The lowest BCUT2D eigenvalue weighted by Crippen LogP contribution is -2.45. The second-order valence-corrected chi connectivity index (χ2v) is 9.43. The topological polar surface area (TPSA) is 63.2 Å². The lowest BCUT2D eigenvalue weighted by atomic mass is 9.70. The van der Waals surface area contributed by atoms with Crippen molar-refractivity contribution in [2.24, 2.45) is 16.7 Å². The fourth-order valence-electron chi connectivity index (χ4n) is 3.88. The molecule has 0 unspecified atom stereocenters. The summed E-state index contributed by atoms with van der Waals surface area (Å²) in [5.74, 6) is 0.326. The van der Waals surface area contributed by atoms with Crippen molar-refractivity contribution in [1.29, 1.82) is 0 Å². The van der Waals surface area contributed by atoms with E-state index in [4.69, 9.17) is 0 Å². The van der Waals surface area contributed by atoms with Crippen LogP contribution in [-0.4, -0.2) is 30.8 Å². The van der Waals surface area contributed by atoms with E-state index < -0.39 is 20.9 Å². The molecule has 2 bridgehead atoms. The van der Waals surface area contributed by atoms with Crippen LogP contribution >= 0.6 is 15.9 Å². The standard InChI is InChI=1S/C13H22BrNO3S/c1-8(2)15-19(17,18)7-13(4)9-5-6-12(13,3)11(16)10(9)14/h8-10,15H,5-7H2,1-4H3/t9-,10-,12+,13-/m1/s1. The molecule has 2 aliphatic rings.